The van der Waals surface area contributed by atoms with Crippen LogP contribution in [0, 0.1) is 0 Å². The van der Waals surface area contributed by atoms with Gasteiger partial charge in [-0.1, -0.05) is 17.7 Å². The summed E-state index contributed by atoms with van der Waals surface area (Å²) in [5.74, 6) is 0.667. The van der Waals surface area contributed by atoms with Crippen LogP contribution in [0.2, 0.25) is 5.02 Å². The number of carbonyl (C=O) groups excluding carboxylic acids is 1. The first-order valence-electron chi connectivity index (χ1n) is 6.40. The number of hydrogen-bond acceptors (Lipinski definition) is 3. The van der Waals surface area contributed by atoms with E-state index in [4.69, 9.17) is 16.3 Å². The van der Waals surface area contributed by atoms with E-state index in [1.54, 1.807) is 24.5 Å². The average Bonchev–Trinajstić information content (AvgIpc) is 2.37. The molecule has 0 aliphatic heterocycles. The first kappa shape index (κ1) is 14.5. The van der Waals surface area contributed by atoms with Crippen LogP contribution in [0.4, 0.5) is 0 Å². The molecule has 0 aliphatic rings. The third kappa shape index (κ3) is 3.36. The van der Waals surface area contributed by atoms with Gasteiger partial charge < -0.3 is 4.74 Å². The van der Waals surface area contributed by atoms with Crippen molar-refractivity contribution in [3.8, 4) is 16.9 Å². The molecule has 0 saturated carbocycles. The number of pyridine rings is 1. The molecule has 0 bridgehead atoms. The standard InChI is InChI=1S/C16H16ClNO2/c1-10(2)20-14-6-13(8-18-9-14)12-4-5-15(11(3)19)16(17)7-12/h4-10H,1-3H3. The van der Waals surface area contributed by atoms with E-state index in [1.165, 1.54) is 6.92 Å². The second-order valence-electron chi connectivity index (χ2n) is 4.83. The van der Waals surface area contributed by atoms with Gasteiger partial charge in [-0.3, -0.25) is 9.78 Å². The Bertz CT molecular complexity index is 638. The van der Waals surface area contributed by atoms with E-state index in [2.05, 4.69) is 4.98 Å². The molecule has 4 heteroatoms. The highest BCUT2D eigenvalue weighted by Crippen LogP contribution is 2.27. The second kappa shape index (κ2) is 6.06. The molecule has 2 rings (SSSR count). The van der Waals surface area contributed by atoms with Crippen molar-refractivity contribution >= 4 is 17.4 Å². The van der Waals surface area contributed by atoms with Crippen LogP contribution in [-0.4, -0.2) is 16.9 Å². The van der Waals surface area contributed by atoms with Crippen LogP contribution in [-0.2, 0) is 0 Å². The highest BCUT2D eigenvalue weighted by Gasteiger charge is 2.08. The first-order chi connectivity index (χ1) is 9.47. The number of halogens is 1. The minimum absolute atomic E-state index is 0.0448. The molecule has 1 heterocycles. The number of rotatable bonds is 4. The highest BCUT2D eigenvalue weighted by molar-refractivity contribution is 6.34. The molecule has 1 aromatic carbocycles. The van der Waals surface area contributed by atoms with E-state index >= 15 is 0 Å². The normalized spacial score (nSPS) is 10.7. The summed E-state index contributed by atoms with van der Waals surface area (Å²) in [5, 5.41) is 0.449. The molecule has 0 amide bonds. The van der Waals surface area contributed by atoms with E-state index in [9.17, 15) is 4.79 Å². The van der Waals surface area contributed by atoms with Gasteiger partial charge in [-0.25, -0.2) is 0 Å². The Morgan fingerprint density at radius 1 is 1.20 bits per heavy atom. The number of ether oxygens (including phenoxy) is 1. The fraction of sp³-hybridized carbons (Fsp3) is 0.250. The fourth-order valence-corrected chi connectivity index (χ4v) is 2.21. The molecular weight excluding hydrogens is 274 g/mol. The zero-order chi connectivity index (χ0) is 14.7. The van der Waals surface area contributed by atoms with Crippen LogP contribution >= 0.6 is 11.6 Å². The maximum Gasteiger partial charge on any atom is 0.161 e. The van der Waals surface area contributed by atoms with Gasteiger partial charge in [0, 0.05) is 17.3 Å². The van der Waals surface area contributed by atoms with Crippen LogP contribution in [0.3, 0.4) is 0 Å². The summed E-state index contributed by atoms with van der Waals surface area (Å²) in [4.78, 5) is 15.5. The molecule has 0 radical (unpaired) electrons. The van der Waals surface area contributed by atoms with E-state index in [0.29, 0.717) is 16.3 Å². The zero-order valence-corrected chi connectivity index (χ0v) is 12.4. The third-order valence-electron chi connectivity index (χ3n) is 2.77. The highest BCUT2D eigenvalue weighted by atomic mass is 35.5. The molecule has 0 aliphatic carbocycles. The zero-order valence-electron chi connectivity index (χ0n) is 11.7. The number of Topliss-reactive ketones (excluding diaryl/α,β-unsaturated/α-hetero) is 1. The molecule has 0 atom stereocenters. The van der Waals surface area contributed by atoms with Gasteiger partial charge in [0.2, 0.25) is 0 Å². The smallest absolute Gasteiger partial charge is 0.161 e. The van der Waals surface area contributed by atoms with Gasteiger partial charge in [0.25, 0.3) is 0 Å². The van der Waals surface area contributed by atoms with Crippen LogP contribution in [0.5, 0.6) is 5.75 Å². The Hall–Kier alpha value is -1.87. The van der Waals surface area contributed by atoms with E-state index in [-0.39, 0.29) is 11.9 Å². The number of carbonyl (C=O) groups is 1. The monoisotopic (exact) mass is 289 g/mol. The van der Waals surface area contributed by atoms with Crippen LogP contribution < -0.4 is 4.74 Å². The maximum atomic E-state index is 11.4. The predicted octanol–water partition coefficient (Wildman–Crippen LogP) is 4.39. The Kier molecular flexibility index (Phi) is 4.40. The van der Waals surface area contributed by atoms with E-state index in [1.807, 2.05) is 26.0 Å². The van der Waals surface area contributed by atoms with E-state index in [0.717, 1.165) is 11.1 Å². The van der Waals surface area contributed by atoms with Gasteiger partial charge in [-0.15, -0.1) is 0 Å². The summed E-state index contributed by atoms with van der Waals surface area (Å²) in [7, 11) is 0. The lowest BCUT2D eigenvalue weighted by atomic mass is 10.0. The van der Waals surface area contributed by atoms with Crippen molar-refractivity contribution in [3.63, 3.8) is 0 Å². The van der Waals surface area contributed by atoms with Gasteiger partial charge in [-0.05, 0) is 44.5 Å². The molecule has 104 valence electrons. The van der Waals surface area contributed by atoms with Gasteiger partial charge >= 0.3 is 0 Å². The van der Waals surface area contributed by atoms with Crippen LogP contribution in [0.1, 0.15) is 31.1 Å². The van der Waals surface area contributed by atoms with Crippen molar-refractivity contribution in [2.45, 2.75) is 26.9 Å². The summed E-state index contributed by atoms with van der Waals surface area (Å²) >= 11 is 6.13. The molecule has 3 nitrogen and oxygen atoms in total. The lowest BCUT2D eigenvalue weighted by Gasteiger charge is -2.11. The van der Waals surface area contributed by atoms with Gasteiger partial charge in [0.05, 0.1) is 17.3 Å². The molecule has 0 saturated heterocycles. The lowest BCUT2D eigenvalue weighted by Crippen LogP contribution is -2.05. The third-order valence-corrected chi connectivity index (χ3v) is 3.08. The molecule has 0 fully saturated rings. The Morgan fingerprint density at radius 3 is 2.55 bits per heavy atom. The molecule has 1 aromatic heterocycles. The summed E-state index contributed by atoms with van der Waals surface area (Å²) in [6.45, 7) is 5.43. The minimum atomic E-state index is -0.0448. The summed E-state index contributed by atoms with van der Waals surface area (Å²) in [5.41, 5.74) is 2.33. The van der Waals surface area contributed by atoms with Gasteiger partial charge in [0.1, 0.15) is 5.75 Å². The SMILES string of the molecule is CC(=O)c1ccc(-c2cncc(OC(C)C)c2)cc1Cl. The van der Waals surface area contributed by atoms with Crippen molar-refractivity contribution in [1.29, 1.82) is 0 Å². The summed E-state index contributed by atoms with van der Waals surface area (Å²) in [6.07, 6.45) is 3.51. The lowest BCUT2D eigenvalue weighted by molar-refractivity contribution is 0.101. The van der Waals surface area contributed by atoms with Gasteiger partial charge in [0.15, 0.2) is 5.78 Å². The second-order valence-corrected chi connectivity index (χ2v) is 5.23. The number of benzene rings is 1. The number of aromatic nitrogens is 1. The predicted molar refractivity (Wildman–Crippen MR) is 80.5 cm³/mol. The quantitative estimate of drug-likeness (QED) is 0.784. The van der Waals surface area contributed by atoms with Crippen molar-refractivity contribution in [2.24, 2.45) is 0 Å². The minimum Gasteiger partial charge on any atom is -0.489 e. The Morgan fingerprint density at radius 2 is 1.95 bits per heavy atom. The molecule has 20 heavy (non-hydrogen) atoms. The van der Waals surface area contributed by atoms with Crippen molar-refractivity contribution in [1.82, 2.24) is 4.98 Å². The van der Waals surface area contributed by atoms with Gasteiger partial charge in [-0.2, -0.15) is 0 Å². The summed E-state index contributed by atoms with van der Waals surface area (Å²) in [6, 6.07) is 7.27. The van der Waals surface area contributed by atoms with Crippen LogP contribution in [0.25, 0.3) is 11.1 Å². The summed E-state index contributed by atoms with van der Waals surface area (Å²) < 4.78 is 5.62. The number of hydrogen-bond donors (Lipinski definition) is 0. The Balaban J connectivity index is 2.36. The van der Waals surface area contributed by atoms with Crippen molar-refractivity contribution in [3.05, 3.63) is 47.2 Å². The molecule has 0 N–H and O–H groups in total. The largest absolute Gasteiger partial charge is 0.489 e. The molecular formula is C16H16ClNO2. The van der Waals surface area contributed by atoms with Crippen molar-refractivity contribution in [2.75, 3.05) is 0 Å². The van der Waals surface area contributed by atoms with Crippen molar-refractivity contribution < 1.29 is 9.53 Å². The average molecular weight is 290 g/mol. The topological polar surface area (TPSA) is 39.2 Å². The fourth-order valence-electron chi connectivity index (χ4n) is 1.89. The molecule has 0 unspecified atom stereocenters. The first-order valence-corrected chi connectivity index (χ1v) is 6.77. The number of nitrogens with zero attached hydrogens (tertiary/aromatic N) is 1. The van der Waals surface area contributed by atoms with Crippen LogP contribution in [0.15, 0.2) is 36.7 Å². The molecule has 0 spiro atoms. The van der Waals surface area contributed by atoms with E-state index < -0.39 is 0 Å². The Labute approximate surface area is 123 Å². The molecule has 2 aromatic rings. The number of ketones is 1. The maximum absolute atomic E-state index is 11.4.